The lowest BCUT2D eigenvalue weighted by molar-refractivity contribution is -0.881. The molecule has 0 saturated carbocycles. The molecule has 5 N–H and O–H groups in total. The number of carbonyl (C=O) groups is 2. The molecular formula is C19H25N4O5S+. The molecule has 0 radical (unpaired) electrons. The Morgan fingerprint density at radius 1 is 1.00 bits per heavy atom. The third-order valence-electron chi connectivity index (χ3n) is 4.14. The first-order valence-electron chi connectivity index (χ1n) is 8.91. The molecule has 0 fully saturated rings. The molecule has 156 valence electrons. The highest BCUT2D eigenvalue weighted by atomic mass is 32.2. The Morgan fingerprint density at radius 2 is 1.59 bits per heavy atom. The number of methoxy groups -OCH3 is 1. The summed E-state index contributed by atoms with van der Waals surface area (Å²) in [5, 5.41) is 10.5. The van der Waals surface area contributed by atoms with Gasteiger partial charge in [-0.1, -0.05) is 6.07 Å². The molecule has 0 bridgehead atoms. The second-order valence-corrected chi connectivity index (χ2v) is 7.92. The summed E-state index contributed by atoms with van der Waals surface area (Å²) in [6.07, 6.45) is 0. The Bertz CT molecular complexity index is 961. The first kappa shape index (κ1) is 22.3. The summed E-state index contributed by atoms with van der Waals surface area (Å²) >= 11 is 0. The van der Waals surface area contributed by atoms with Crippen LogP contribution in [0.15, 0.2) is 53.4 Å². The fourth-order valence-corrected chi connectivity index (χ4v) is 3.12. The second-order valence-electron chi connectivity index (χ2n) is 6.35. The monoisotopic (exact) mass is 421 g/mol. The van der Waals surface area contributed by atoms with Crippen LogP contribution in [-0.2, 0) is 19.6 Å². The Hall–Kier alpha value is -2.95. The normalized spacial score (nSPS) is 12.1. The smallest absolute Gasteiger partial charge is 0.279 e. The number of anilines is 2. The van der Waals surface area contributed by atoms with Crippen LogP contribution < -0.4 is 25.4 Å². The maximum Gasteiger partial charge on any atom is 0.279 e. The number of nitrogens with one attached hydrogen (secondary N) is 3. The Balaban J connectivity index is 1.89. The first-order valence-corrected chi connectivity index (χ1v) is 10.5. The lowest BCUT2D eigenvalue weighted by atomic mass is 10.3. The molecule has 0 aromatic heterocycles. The van der Waals surface area contributed by atoms with Gasteiger partial charge >= 0.3 is 0 Å². The van der Waals surface area contributed by atoms with Gasteiger partial charge in [0.1, 0.15) is 5.75 Å². The topological polar surface area (TPSA) is 132 Å². The molecule has 2 amide bonds. The van der Waals surface area contributed by atoms with E-state index in [2.05, 4.69) is 10.6 Å². The number of primary sulfonamides is 1. The quantitative estimate of drug-likeness (QED) is 0.446. The average Bonchev–Trinajstić information content (AvgIpc) is 2.67. The summed E-state index contributed by atoms with van der Waals surface area (Å²) in [4.78, 5) is 25.3. The standard InChI is InChI=1S/C19H24N4O5S/c1-3-23(13-19(25)22-15-5-4-6-16(11-15)28-2)12-18(24)21-14-7-9-17(10-8-14)29(20,26)27/h4-11H,3,12-13H2,1-2H3,(H,21,24)(H,22,25)(H2,20,26,27)/p+1. The zero-order valence-corrected chi connectivity index (χ0v) is 17.1. The number of rotatable bonds is 9. The number of nitrogens with two attached hydrogens (primary N) is 1. The van der Waals surface area contributed by atoms with Crippen molar-refractivity contribution in [3.8, 4) is 5.75 Å². The molecule has 2 aromatic rings. The highest BCUT2D eigenvalue weighted by Gasteiger charge is 2.17. The van der Waals surface area contributed by atoms with Crippen LogP contribution in [0.4, 0.5) is 11.4 Å². The van der Waals surface area contributed by atoms with Crippen LogP contribution in [0.25, 0.3) is 0 Å². The van der Waals surface area contributed by atoms with Crippen LogP contribution in [0.5, 0.6) is 5.75 Å². The largest absolute Gasteiger partial charge is 0.497 e. The number of benzene rings is 2. The van der Waals surface area contributed by atoms with E-state index in [4.69, 9.17) is 9.88 Å². The number of carbonyl (C=O) groups excluding carboxylic acids is 2. The van der Waals surface area contributed by atoms with Gasteiger partial charge < -0.3 is 20.3 Å². The van der Waals surface area contributed by atoms with Crippen LogP contribution in [-0.4, -0.2) is 47.0 Å². The maximum absolute atomic E-state index is 12.3. The Morgan fingerprint density at radius 3 is 2.10 bits per heavy atom. The summed E-state index contributed by atoms with van der Waals surface area (Å²) in [6, 6.07) is 12.6. The molecule has 29 heavy (non-hydrogen) atoms. The van der Waals surface area contributed by atoms with Gasteiger partial charge in [-0.15, -0.1) is 0 Å². The third-order valence-corrected chi connectivity index (χ3v) is 5.07. The SMILES string of the molecule is CC[NH+](CC(=O)Nc1ccc(S(N)(=O)=O)cc1)CC(=O)Nc1cccc(OC)c1. The van der Waals surface area contributed by atoms with Gasteiger partial charge in [-0.2, -0.15) is 0 Å². The van der Waals surface area contributed by atoms with E-state index in [0.29, 0.717) is 23.7 Å². The van der Waals surface area contributed by atoms with Crippen molar-refractivity contribution >= 4 is 33.2 Å². The third kappa shape index (κ3) is 7.18. The predicted molar refractivity (Wildman–Crippen MR) is 109 cm³/mol. The average molecular weight is 421 g/mol. The fourth-order valence-electron chi connectivity index (χ4n) is 2.61. The van der Waals surface area contributed by atoms with Gasteiger partial charge in [-0.05, 0) is 43.3 Å². The number of sulfonamides is 1. The molecule has 10 heteroatoms. The van der Waals surface area contributed by atoms with E-state index in [-0.39, 0.29) is 29.8 Å². The number of hydrogen-bond donors (Lipinski definition) is 4. The summed E-state index contributed by atoms with van der Waals surface area (Å²) in [5.74, 6) is 0.120. The van der Waals surface area contributed by atoms with Crippen LogP contribution in [0, 0.1) is 0 Å². The number of amides is 2. The van der Waals surface area contributed by atoms with Gasteiger partial charge in [-0.3, -0.25) is 9.59 Å². The number of hydrogen-bond acceptors (Lipinski definition) is 5. The van der Waals surface area contributed by atoms with Crippen molar-refractivity contribution in [2.45, 2.75) is 11.8 Å². The minimum Gasteiger partial charge on any atom is -0.497 e. The highest BCUT2D eigenvalue weighted by Crippen LogP contribution is 2.16. The lowest BCUT2D eigenvalue weighted by Crippen LogP contribution is -3.13. The predicted octanol–water partition coefficient (Wildman–Crippen LogP) is -0.175. The Labute approximate surface area is 169 Å². The molecule has 0 heterocycles. The highest BCUT2D eigenvalue weighted by molar-refractivity contribution is 7.89. The van der Waals surface area contributed by atoms with Crippen LogP contribution >= 0.6 is 0 Å². The van der Waals surface area contributed by atoms with Crippen molar-refractivity contribution in [3.05, 3.63) is 48.5 Å². The van der Waals surface area contributed by atoms with Crippen molar-refractivity contribution in [2.24, 2.45) is 5.14 Å². The van der Waals surface area contributed by atoms with Gasteiger partial charge in [0.25, 0.3) is 11.8 Å². The van der Waals surface area contributed by atoms with Crippen molar-refractivity contribution in [2.75, 3.05) is 37.4 Å². The molecule has 2 rings (SSSR count). The van der Waals surface area contributed by atoms with Crippen molar-refractivity contribution in [1.82, 2.24) is 0 Å². The maximum atomic E-state index is 12.3. The zero-order chi connectivity index (χ0) is 21.4. The summed E-state index contributed by atoms with van der Waals surface area (Å²) in [6.45, 7) is 2.65. The van der Waals surface area contributed by atoms with E-state index in [0.717, 1.165) is 4.90 Å². The molecule has 1 atom stereocenters. The molecule has 0 aliphatic heterocycles. The number of ether oxygens (including phenoxy) is 1. The van der Waals surface area contributed by atoms with E-state index in [1.165, 1.54) is 24.3 Å². The van der Waals surface area contributed by atoms with E-state index in [1.54, 1.807) is 31.4 Å². The van der Waals surface area contributed by atoms with Gasteiger partial charge in [0, 0.05) is 17.4 Å². The lowest BCUT2D eigenvalue weighted by Gasteiger charge is -2.17. The van der Waals surface area contributed by atoms with Gasteiger partial charge in [-0.25, -0.2) is 13.6 Å². The molecule has 0 spiro atoms. The molecule has 1 unspecified atom stereocenters. The van der Waals surface area contributed by atoms with Crippen LogP contribution in [0.3, 0.4) is 0 Å². The van der Waals surface area contributed by atoms with Crippen molar-refractivity contribution in [3.63, 3.8) is 0 Å². The van der Waals surface area contributed by atoms with Crippen molar-refractivity contribution in [1.29, 1.82) is 0 Å². The van der Waals surface area contributed by atoms with Crippen molar-refractivity contribution < 1.29 is 27.6 Å². The second kappa shape index (κ2) is 10.0. The molecule has 0 aliphatic rings. The van der Waals surface area contributed by atoms with E-state index in [1.807, 2.05) is 6.92 Å². The molecule has 2 aromatic carbocycles. The van der Waals surface area contributed by atoms with Gasteiger partial charge in [0.15, 0.2) is 13.1 Å². The molecular weight excluding hydrogens is 396 g/mol. The summed E-state index contributed by atoms with van der Waals surface area (Å²) in [5.41, 5.74) is 1.06. The van der Waals surface area contributed by atoms with Crippen LogP contribution in [0.1, 0.15) is 6.92 Å². The number of likely N-dealkylation sites (N-methyl/N-ethyl adjacent to an activating group) is 1. The van der Waals surface area contributed by atoms with E-state index >= 15 is 0 Å². The minimum atomic E-state index is -3.78. The summed E-state index contributed by atoms with van der Waals surface area (Å²) in [7, 11) is -2.24. The molecule has 9 nitrogen and oxygen atoms in total. The first-order chi connectivity index (χ1) is 13.7. The minimum absolute atomic E-state index is 0.0366. The van der Waals surface area contributed by atoms with E-state index < -0.39 is 10.0 Å². The Kier molecular flexibility index (Phi) is 7.71. The zero-order valence-electron chi connectivity index (χ0n) is 16.3. The van der Waals surface area contributed by atoms with Gasteiger partial charge in [0.05, 0.1) is 18.6 Å². The van der Waals surface area contributed by atoms with Gasteiger partial charge in [0.2, 0.25) is 10.0 Å². The summed E-state index contributed by atoms with van der Waals surface area (Å²) < 4.78 is 27.6. The fraction of sp³-hybridized carbons (Fsp3) is 0.263. The molecule has 0 aliphatic carbocycles. The van der Waals surface area contributed by atoms with Crippen LogP contribution in [0.2, 0.25) is 0 Å². The van der Waals surface area contributed by atoms with E-state index in [9.17, 15) is 18.0 Å². The molecule has 0 saturated heterocycles. The number of quaternary nitrogens is 1.